The number of hydrogen-bond donors (Lipinski definition) is 1. The molecule has 1 amide bonds. The number of amidine groups is 1. The number of hydrazone groups is 1. The fourth-order valence-corrected chi connectivity index (χ4v) is 4.16. The highest BCUT2D eigenvalue weighted by atomic mass is 19.1. The summed E-state index contributed by atoms with van der Waals surface area (Å²) in [6, 6.07) is 6.42. The van der Waals surface area contributed by atoms with Crippen LogP contribution in [0.25, 0.3) is 0 Å². The van der Waals surface area contributed by atoms with Gasteiger partial charge in [-0.3, -0.25) is 9.78 Å². The Kier molecular flexibility index (Phi) is 4.93. The third-order valence-electron chi connectivity index (χ3n) is 5.69. The number of rotatable bonds is 3. The molecule has 0 radical (unpaired) electrons. The Labute approximate surface area is 179 Å². The van der Waals surface area contributed by atoms with Crippen LogP contribution in [-0.4, -0.2) is 56.6 Å². The molecule has 158 valence electrons. The van der Waals surface area contributed by atoms with E-state index in [0.29, 0.717) is 0 Å². The first-order valence-electron chi connectivity index (χ1n) is 10.3. The van der Waals surface area contributed by atoms with E-state index in [0.717, 1.165) is 36.5 Å². The van der Waals surface area contributed by atoms with Crippen LogP contribution in [0.5, 0.6) is 0 Å². The lowest BCUT2D eigenvalue weighted by Crippen LogP contribution is -2.47. The molecule has 0 bridgehead atoms. The van der Waals surface area contributed by atoms with Crippen LogP contribution in [0, 0.1) is 12.7 Å². The number of nitrogens with zero attached hydrogens (tertiary/aromatic N) is 6. The maximum atomic E-state index is 13.8. The van der Waals surface area contributed by atoms with Crippen LogP contribution in [-0.2, 0) is 0 Å². The van der Waals surface area contributed by atoms with Gasteiger partial charge in [-0.05, 0) is 43.5 Å². The number of fused-ring (bicyclic) bond motifs is 1. The van der Waals surface area contributed by atoms with Gasteiger partial charge >= 0.3 is 0 Å². The summed E-state index contributed by atoms with van der Waals surface area (Å²) >= 11 is 0. The number of aliphatic imine (C=N–C) groups is 1. The number of nitrogens with one attached hydrogen (secondary N) is 1. The van der Waals surface area contributed by atoms with Crippen LogP contribution in [0.2, 0.25) is 0 Å². The van der Waals surface area contributed by atoms with Crippen molar-refractivity contribution in [3.8, 4) is 0 Å². The number of carbonyl (C=O) groups is 1. The molecule has 9 heteroatoms. The quantitative estimate of drug-likeness (QED) is 0.826. The van der Waals surface area contributed by atoms with E-state index in [9.17, 15) is 9.18 Å². The molecule has 3 aliphatic heterocycles. The third-order valence-corrected chi connectivity index (χ3v) is 5.69. The second kappa shape index (κ2) is 7.90. The van der Waals surface area contributed by atoms with Gasteiger partial charge in [0.05, 0.1) is 24.1 Å². The largest absolute Gasteiger partial charge is 0.350 e. The average Bonchev–Trinajstić information content (AvgIpc) is 3.41. The number of carbonyl (C=O) groups excluding carboxylic acids is 1. The minimum atomic E-state index is -0.397. The van der Waals surface area contributed by atoms with Gasteiger partial charge in [-0.25, -0.2) is 19.4 Å². The fraction of sp³-hybridized carbons (Fsp3) is 0.318. The number of benzene rings is 1. The predicted molar refractivity (Wildman–Crippen MR) is 114 cm³/mol. The number of amides is 1. The molecule has 3 aliphatic rings. The van der Waals surface area contributed by atoms with E-state index in [1.165, 1.54) is 12.3 Å². The molecule has 1 aromatic carbocycles. The molecular formula is C22H22FN7O. The van der Waals surface area contributed by atoms with Gasteiger partial charge in [0.25, 0.3) is 5.91 Å². The zero-order chi connectivity index (χ0) is 21.4. The average molecular weight is 419 g/mol. The zero-order valence-electron chi connectivity index (χ0n) is 17.0. The van der Waals surface area contributed by atoms with E-state index in [4.69, 9.17) is 4.99 Å². The molecule has 31 heavy (non-hydrogen) atoms. The Morgan fingerprint density at radius 3 is 2.97 bits per heavy atom. The minimum absolute atomic E-state index is 0.0730. The number of aromatic nitrogens is 2. The van der Waals surface area contributed by atoms with Gasteiger partial charge in [0.2, 0.25) is 0 Å². The van der Waals surface area contributed by atoms with Gasteiger partial charge in [0.15, 0.2) is 6.17 Å². The van der Waals surface area contributed by atoms with Crippen LogP contribution in [0.15, 0.2) is 59.0 Å². The van der Waals surface area contributed by atoms with Crippen molar-refractivity contribution >= 4 is 18.0 Å². The topological polar surface area (TPSA) is 86.1 Å². The summed E-state index contributed by atoms with van der Waals surface area (Å²) in [5.74, 6) is 0.256. The molecular weight excluding hydrogens is 397 g/mol. The molecule has 3 atom stereocenters. The van der Waals surface area contributed by atoms with Gasteiger partial charge in [0.1, 0.15) is 23.4 Å². The van der Waals surface area contributed by atoms with Crippen molar-refractivity contribution in [3.05, 3.63) is 71.7 Å². The van der Waals surface area contributed by atoms with Gasteiger partial charge in [-0.1, -0.05) is 12.1 Å². The summed E-state index contributed by atoms with van der Waals surface area (Å²) in [7, 11) is 0. The number of aryl methyl sites for hydroxylation is 1. The third kappa shape index (κ3) is 3.78. The summed E-state index contributed by atoms with van der Waals surface area (Å²) in [5.41, 5.74) is 1.94. The first-order chi connectivity index (χ1) is 15.1. The molecule has 2 aromatic rings. The number of likely N-dealkylation sites (tertiary alicyclic amines) is 1. The molecule has 0 saturated carbocycles. The molecule has 0 aliphatic carbocycles. The highest BCUT2D eigenvalue weighted by Crippen LogP contribution is 2.34. The monoisotopic (exact) mass is 419 g/mol. The van der Waals surface area contributed by atoms with Crippen molar-refractivity contribution in [1.82, 2.24) is 25.2 Å². The van der Waals surface area contributed by atoms with Gasteiger partial charge in [0, 0.05) is 18.9 Å². The zero-order valence-corrected chi connectivity index (χ0v) is 17.0. The summed E-state index contributed by atoms with van der Waals surface area (Å²) in [6.07, 6.45) is 10.0. The van der Waals surface area contributed by atoms with E-state index in [1.54, 1.807) is 29.6 Å². The van der Waals surface area contributed by atoms with Gasteiger partial charge in [-0.2, -0.15) is 5.10 Å². The van der Waals surface area contributed by atoms with Gasteiger partial charge in [-0.15, -0.1) is 0 Å². The highest BCUT2D eigenvalue weighted by Gasteiger charge is 2.36. The normalized spacial score (nSPS) is 24.3. The second-order valence-electron chi connectivity index (χ2n) is 7.81. The molecule has 1 saturated heterocycles. The Morgan fingerprint density at radius 2 is 2.16 bits per heavy atom. The molecule has 8 nitrogen and oxygen atoms in total. The lowest BCUT2D eigenvalue weighted by molar-refractivity contribution is 0.0930. The standard InChI is InChI=1S/C22H22FN7O/c1-14-11-25-18(12-24-14)22(31)27-17-13-26-30-9-7-20(28-21(17)30)29-8-3-6-19(29)15-4-2-5-16(23)10-15/h2,4-5,7,9-13,17,19,21H,3,6,8H2,1H3,(H,27,31)/t17?,19-,21?/m1/s1. The smallest absolute Gasteiger partial charge is 0.272 e. The van der Waals surface area contributed by atoms with Crippen LogP contribution in [0.4, 0.5) is 4.39 Å². The first kappa shape index (κ1) is 19.3. The van der Waals surface area contributed by atoms with E-state index < -0.39 is 6.04 Å². The van der Waals surface area contributed by atoms with Crippen molar-refractivity contribution in [2.45, 2.75) is 38.0 Å². The van der Waals surface area contributed by atoms with Crippen LogP contribution < -0.4 is 5.32 Å². The molecule has 2 unspecified atom stereocenters. The molecule has 1 N–H and O–H groups in total. The van der Waals surface area contributed by atoms with Crippen LogP contribution in [0.3, 0.4) is 0 Å². The Bertz CT molecular complexity index is 1080. The summed E-state index contributed by atoms with van der Waals surface area (Å²) in [4.78, 5) is 27.9. The van der Waals surface area contributed by atoms with E-state index in [2.05, 4.69) is 25.3 Å². The van der Waals surface area contributed by atoms with Crippen molar-refractivity contribution in [1.29, 1.82) is 0 Å². The van der Waals surface area contributed by atoms with Crippen LogP contribution >= 0.6 is 0 Å². The van der Waals surface area contributed by atoms with Crippen LogP contribution in [0.1, 0.15) is 40.6 Å². The van der Waals surface area contributed by atoms with Crippen molar-refractivity contribution < 1.29 is 9.18 Å². The van der Waals surface area contributed by atoms with Crippen molar-refractivity contribution in [2.75, 3.05) is 6.54 Å². The van der Waals surface area contributed by atoms with E-state index in [1.807, 2.05) is 25.3 Å². The highest BCUT2D eigenvalue weighted by molar-refractivity contribution is 5.96. The number of hydrogen-bond acceptors (Lipinski definition) is 7. The number of halogens is 1. The SMILES string of the molecule is Cc1cnc(C(=O)NC2C=NN3C=CC(N4CCC[C@@H]4c4cccc(F)c4)=NC23)cn1. The van der Waals surface area contributed by atoms with Gasteiger partial charge < -0.3 is 10.2 Å². The maximum Gasteiger partial charge on any atom is 0.272 e. The summed E-state index contributed by atoms with van der Waals surface area (Å²) < 4.78 is 13.8. The van der Waals surface area contributed by atoms with E-state index >= 15 is 0 Å². The Balaban J connectivity index is 1.34. The Morgan fingerprint density at radius 1 is 1.26 bits per heavy atom. The second-order valence-corrected chi connectivity index (χ2v) is 7.81. The predicted octanol–water partition coefficient (Wildman–Crippen LogP) is 2.41. The minimum Gasteiger partial charge on any atom is -0.350 e. The summed E-state index contributed by atoms with van der Waals surface area (Å²) in [6.45, 7) is 2.66. The lowest BCUT2D eigenvalue weighted by atomic mass is 10.0. The van der Waals surface area contributed by atoms with Crippen molar-refractivity contribution in [3.63, 3.8) is 0 Å². The van der Waals surface area contributed by atoms with E-state index in [-0.39, 0.29) is 29.6 Å². The fourth-order valence-electron chi connectivity index (χ4n) is 4.16. The van der Waals surface area contributed by atoms with Crippen molar-refractivity contribution in [2.24, 2.45) is 10.1 Å². The Hall–Kier alpha value is -3.62. The lowest BCUT2D eigenvalue weighted by Gasteiger charge is -2.32. The summed E-state index contributed by atoms with van der Waals surface area (Å²) in [5, 5.41) is 9.00. The molecule has 1 fully saturated rings. The molecule has 1 aromatic heterocycles. The first-order valence-corrected chi connectivity index (χ1v) is 10.3. The molecule has 5 rings (SSSR count). The molecule has 0 spiro atoms. The maximum absolute atomic E-state index is 13.8. The molecule has 4 heterocycles.